The maximum absolute atomic E-state index is 12.4. The minimum atomic E-state index is -3.77. The second kappa shape index (κ2) is 6.87. The first-order valence-corrected chi connectivity index (χ1v) is 10.6. The molecule has 8 heteroatoms. The number of fused-ring (bicyclic) bond motifs is 1. The molecule has 2 aromatic rings. The predicted octanol–water partition coefficient (Wildman–Crippen LogP) is 2.32. The van der Waals surface area contributed by atoms with Gasteiger partial charge in [-0.25, -0.2) is 8.42 Å². The molecule has 4 rings (SSSR count). The maximum atomic E-state index is 12.4. The number of hydrogen-bond acceptors (Lipinski definition) is 5. The van der Waals surface area contributed by atoms with Crippen molar-refractivity contribution in [2.45, 2.75) is 12.8 Å². The van der Waals surface area contributed by atoms with E-state index in [1.807, 2.05) is 0 Å². The van der Waals surface area contributed by atoms with Crippen LogP contribution < -0.4 is 4.72 Å². The SMILES string of the molecule is O=C(c1ccc(NS(=O)(=O)CCN2C(=O)c3ccccc3C2=O)cc1)C1CC1. The second-order valence-corrected chi connectivity index (χ2v) is 8.79. The number of imide groups is 1. The van der Waals surface area contributed by atoms with Crippen LogP contribution >= 0.6 is 0 Å². The van der Waals surface area contributed by atoms with Crippen LogP contribution in [0.5, 0.6) is 0 Å². The summed E-state index contributed by atoms with van der Waals surface area (Å²) in [7, 11) is -3.77. The number of anilines is 1. The molecule has 0 atom stereocenters. The highest BCUT2D eigenvalue weighted by Crippen LogP contribution is 2.32. The van der Waals surface area contributed by atoms with Crippen molar-refractivity contribution in [2.75, 3.05) is 17.0 Å². The number of rotatable bonds is 7. The van der Waals surface area contributed by atoms with E-state index in [0.717, 1.165) is 17.7 Å². The van der Waals surface area contributed by atoms with Crippen LogP contribution in [0.3, 0.4) is 0 Å². The summed E-state index contributed by atoms with van der Waals surface area (Å²) in [5.41, 5.74) is 1.47. The van der Waals surface area contributed by atoms with Crippen LogP contribution in [0.4, 0.5) is 5.69 Å². The Balaban J connectivity index is 1.39. The van der Waals surface area contributed by atoms with Crippen LogP contribution in [0.1, 0.15) is 43.9 Å². The van der Waals surface area contributed by atoms with Gasteiger partial charge in [-0.05, 0) is 49.2 Å². The maximum Gasteiger partial charge on any atom is 0.261 e. The summed E-state index contributed by atoms with van der Waals surface area (Å²) < 4.78 is 27.1. The van der Waals surface area contributed by atoms with E-state index >= 15 is 0 Å². The lowest BCUT2D eigenvalue weighted by Crippen LogP contribution is -2.35. The summed E-state index contributed by atoms with van der Waals surface area (Å²) >= 11 is 0. The summed E-state index contributed by atoms with van der Waals surface area (Å²) in [5.74, 6) is -1.21. The molecular formula is C20H18N2O5S. The van der Waals surface area contributed by atoms with Gasteiger partial charge in [0, 0.05) is 23.7 Å². The van der Waals surface area contributed by atoms with Crippen LogP contribution in [0.25, 0.3) is 0 Å². The van der Waals surface area contributed by atoms with Gasteiger partial charge in [-0.15, -0.1) is 0 Å². The Morgan fingerprint density at radius 2 is 1.54 bits per heavy atom. The van der Waals surface area contributed by atoms with Crippen molar-refractivity contribution in [3.63, 3.8) is 0 Å². The van der Waals surface area contributed by atoms with Gasteiger partial charge in [0.1, 0.15) is 0 Å². The van der Waals surface area contributed by atoms with Crippen molar-refractivity contribution in [1.82, 2.24) is 4.90 Å². The molecule has 0 saturated heterocycles. The van der Waals surface area contributed by atoms with E-state index in [4.69, 9.17) is 0 Å². The molecular weight excluding hydrogens is 380 g/mol. The Morgan fingerprint density at radius 1 is 0.964 bits per heavy atom. The first kappa shape index (κ1) is 18.4. The number of carbonyl (C=O) groups is 3. The number of hydrogen-bond donors (Lipinski definition) is 1. The largest absolute Gasteiger partial charge is 0.294 e. The fourth-order valence-corrected chi connectivity index (χ4v) is 4.19. The lowest BCUT2D eigenvalue weighted by Gasteiger charge is -2.14. The zero-order valence-corrected chi connectivity index (χ0v) is 15.7. The first-order valence-electron chi connectivity index (χ1n) is 8.96. The van der Waals surface area contributed by atoms with Gasteiger partial charge < -0.3 is 0 Å². The molecule has 2 aromatic carbocycles. The number of benzene rings is 2. The van der Waals surface area contributed by atoms with Gasteiger partial charge in [0.25, 0.3) is 11.8 Å². The van der Waals surface area contributed by atoms with E-state index < -0.39 is 27.6 Å². The predicted molar refractivity (Wildman–Crippen MR) is 103 cm³/mol. The number of nitrogens with zero attached hydrogens (tertiary/aromatic N) is 1. The van der Waals surface area contributed by atoms with Gasteiger partial charge >= 0.3 is 0 Å². The third-order valence-electron chi connectivity index (χ3n) is 4.85. The van der Waals surface area contributed by atoms with Crippen molar-refractivity contribution in [2.24, 2.45) is 5.92 Å². The molecule has 1 saturated carbocycles. The van der Waals surface area contributed by atoms with E-state index in [9.17, 15) is 22.8 Å². The van der Waals surface area contributed by atoms with Gasteiger partial charge in [0.15, 0.2) is 5.78 Å². The standard InChI is InChI=1S/C20H18N2O5S/c23-18(13-5-6-13)14-7-9-15(10-8-14)21-28(26,27)12-11-22-19(24)16-3-1-2-4-17(16)20(22)25/h1-4,7-10,13,21H,5-6,11-12H2. The van der Waals surface area contributed by atoms with E-state index in [2.05, 4.69) is 4.72 Å². The summed E-state index contributed by atoms with van der Waals surface area (Å²) in [6.45, 7) is -0.236. The quantitative estimate of drug-likeness (QED) is 0.570. The smallest absolute Gasteiger partial charge is 0.261 e. The average molecular weight is 398 g/mol. The molecule has 0 spiro atoms. The Bertz CT molecular complexity index is 1040. The molecule has 1 heterocycles. The minimum Gasteiger partial charge on any atom is -0.294 e. The number of ketones is 1. The van der Waals surface area contributed by atoms with E-state index in [0.29, 0.717) is 11.3 Å². The van der Waals surface area contributed by atoms with Gasteiger partial charge in [-0.3, -0.25) is 24.0 Å². The summed E-state index contributed by atoms with van der Waals surface area (Å²) in [6, 6.07) is 12.7. The zero-order chi connectivity index (χ0) is 19.9. The molecule has 1 N–H and O–H groups in total. The van der Waals surface area contributed by atoms with Crippen LogP contribution in [0, 0.1) is 5.92 Å². The normalized spacial score (nSPS) is 16.2. The Kier molecular flexibility index (Phi) is 4.50. The van der Waals surface area contributed by atoms with Crippen LogP contribution in [0.2, 0.25) is 0 Å². The van der Waals surface area contributed by atoms with E-state index in [1.54, 1.807) is 36.4 Å². The topological polar surface area (TPSA) is 101 Å². The number of sulfonamides is 1. The molecule has 2 amide bonds. The molecule has 1 aliphatic carbocycles. The molecule has 0 unspecified atom stereocenters. The summed E-state index contributed by atoms with van der Waals surface area (Å²) in [5, 5.41) is 0. The van der Waals surface area contributed by atoms with Gasteiger partial charge in [-0.2, -0.15) is 0 Å². The summed E-state index contributed by atoms with van der Waals surface area (Å²) in [4.78, 5) is 37.5. The molecule has 0 bridgehead atoms. The molecule has 1 fully saturated rings. The van der Waals surface area contributed by atoms with Crippen molar-refractivity contribution in [1.29, 1.82) is 0 Å². The highest BCUT2D eigenvalue weighted by molar-refractivity contribution is 7.92. The summed E-state index contributed by atoms with van der Waals surface area (Å²) in [6.07, 6.45) is 1.82. The number of amides is 2. The van der Waals surface area contributed by atoms with Crippen molar-refractivity contribution < 1.29 is 22.8 Å². The van der Waals surface area contributed by atoms with Gasteiger partial charge in [0.2, 0.25) is 10.0 Å². The van der Waals surface area contributed by atoms with Crippen molar-refractivity contribution in [3.05, 3.63) is 65.2 Å². The third kappa shape index (κ3) is 3.55. The van der Waals surface area contributed by atoms with E-state index in [-0.39, 0.29) is 29.4 Å². The minimum absolute atomic E-state index is 0.0834. The highest BCUT2D eigenvalue weighted by atomic mass is 32.2. The lowest BCUT2D eigenvalue weighted by atomic mass is 10.1. The van der Waals surface area contributed by atoms with Crippen LogP contribution in [0.15, 0.2) is 48.5 Å². The van der Waals surface area contributed by atoms with E-state index in [1.165, 1.54) is 12.1 Å². The Hall–Kier alpha value is -3.00. The molecule has 28 heavy (non-hydrogen) atoms. The first-order chi connectivity index (χ1) is 13.4. The Labute approximate surface area is 162 Å². The Morgan fingerprint density at radius 3 is 2.07 bits per heavy atom. The van der Waals surface area contributed by atoms with Crippen LogP contribution in [-0.2, 0) is 10.0 Å². The fraction of sp³-hybridized carbons (Fsp3) is 0.250. The molecule has 1 aliphatic heterocycles. The fourth-order valence-electron chi connectivity index (χ4n) is 3.17. The lowest BCUT2D eigenvalue weighted by molar-refractivity contribution is 0.0663. The second-order valence-electron chi connectivity index (χ2n) is 6.94. The van der Waals surface area contributed by atoms with Crippen molar-refractivity contribution >= 4 is 33.3 Å². The van der Waals surface area contributed by atoms with Gasteiger partial charge in [0.05, 0.1) is 16.9 Å². The molecule has 2 aliphatic rings. The molecule has 0 aromatic heterocycles. The van der Waals surface area contributed by atoms with Crippen LogP contribution in [-0.4, -0.2) is 43.2 Å². The molecule has 0 radical (unpaired) electrons. The zero-order valence-electron chi connectivity index (χ0n) is 14.9. The van der Waals surface area contributed by atoms with Crippen molar-refractivity contribution in [3.8, 4) is 0 Å². The third-order valence-corrected chi connectivity index (χ3v) is 6.12. The number of carbonyl (C=O) groups excluding carboxylic acids is 3. The molecule has 144 valence electrons. The monoisotopic (exact) mass is 398 g/mol. The van der Waals surface area contributed by atoms with Gasteiger partial charge in [-0.1, -0.05) is 12.1 Å². The number of Topliss-reactive ketones (excluding diaryl/α,β-unsaturated/α-hetero) is 1. The number of nitrogens with one attached hydrogen (secondary N) is 1. The average Bonchev–Trinajstić information content (AvgIpc) is 3.49. The molecule has 7 nitrogen and oxygen atoms in total. The highest BCUT2D eigenvalue weighted by Gasteiger charge is 2.35.